The van der Waals surface area contributed by atoms with Gasteiger partial charge in [-0.2, -0.15) is 0 Å². The minimum absolute atomic E-state index is 0.0500. The maximum Gasteiger partial charge on any atom is 0.105 e. The fraction of sp³-hybridized carbons (Fsp3) is 0.500. The molecule has 0 aliphatic heterocycles. The molecule has 0 saturated heterocycles. The number of rotatable bonds is 2. The summed E-state index contributed by atoms with van der Waals surface area (Å²) in [7, 11) is 0. The summed E-state index contributed by atoms with van der Waals surface area (Å²) in [5.74, 6) is 0.948. The van der Waals surface area contributed by atoms with Crippen molar-refractivity contribution in [1.29, 1.82) is 0 Å². The van der Waals surface area contributed by atoms with E-state index in [1.165, 1.54) is 24.8 Å². The zero-order chi connectivity index (χ0) is 9.97. The Balaban J connectivity index is 2.19. The highest BCUT2D eigenvalue weighted by Crippen LogP contribution is 2.29. The first-order chi connectivity index (χ1) is 6.79. The van der Waals surface area contributed by atoms with Crippen molar-refractivity contribution >= 4 is 0 Å². The molecule has 1 aromatic rings. The van der Waals surface area contributed by atoms with Crippen LogP contribution in [0.5, 0.6) is 0 Å². The van der Waals surface area contributed by atoms with Crippen LogP contribution in [0.2, 0.25) is 0 Å². The lowest BCUT2D eigenvalue weighted by atomic mass is 9.91. The van der Waals surface area contributed by atoms with E-state index < -0.39 is 0 Å². The van der Waals surface area contributed by atoms with Crippen LogP contribution in [0.25, 0.3) is 0 Å². The van der Waals surface area contributed by atoms with Crippen LogP contribution >= 0.6 is 0 Å². The zero-order valence-corrected chi connectivity index (χ0v) is 8.62. The Morgan fingerprint density at radius 3 is 2.86 bits per heavy atom. The average molecular weight is 191 g/mol. The second-order valence-electron chi connectivity index (χ2n) is 3.93. The topological polar surface area (TPSA) is 39.2 Å². The van der Waals surface area contributed by atoms with Gasteiger partial charge in [0.1, 0.15) is 5.76 Å². The maximum absolute atomic E-state index is 6.19. The van der Waals surface area contributed by atoms with Gasteiger partial charge in [0.2, 0.25) is 0 Å². The van der Waals surface area contributed by atoms with Gasteiger partial charge in [-0.25, -0.2) is 0 Å². The summed E-state index contributed by atoms with van der Waals surface area (Å²) in [5.41, 5.74) is 8.70. The van der Waals surface area contributed by atoms with Crippen LogP contribution in [-0.4, -0.2) is 0 Å². The van der Waals surface area contributed by atoms with E-state index in [0.29, 0.717) is 0 Å². The van der Waals surface area contributed by atoms with E-state index in [1.807, 2.05) is 13.0 Å². The molecule has 1 aliphatic rings. The zero-order valence-electron chi connectivity index (χ0n) is 8.62. The van der Waals surface area contributed by atoms with Crippen molar-refractivity contribution in [3.05, 3.63) is 35.3 Å². The van der Waals surface area contributed by atoms with Crippen molar-refractivity contribution < 1.29 is 4.42 Å². The lowest BCUT2D eigenvalue weighted by molar-refractivity contribution is 0.525. The summed E-state index contributed by atoms with van der Waals surface area (Å²) >= 11 is 0. The third-order valence-corrected chi connectivity index (χ3v) is 2.96. The summed E-state index contributed by atoms with van der Waals surface area (Å²) in [6, 6.07) is 2.03. The third-order valence-electron chi connectivity index (χ3n) is 2.96. The van der Waals surface area contributed by atoms with Gasteiger partial charge >= 0.3 is 0 Å². The van der Waals surface area contributed by atoms with Gasteiger partial charge in [-0.1, -0.05) is 11.6 Å². The largest absolute Gasteiger partial charge is 0.469 e. The Morgan fingerprint density at radius 1 is 1.43 bits per heavy atom. The molecule has 2 rings (SSSR count). The van der Waals surface area contributed by atoms with Gasteiger partial charge in [-0.15, -0.1) is 0 Å². The Hall–Kier alpha value is -1.02. The second kappa shape index (κ2) is 4.01. The molecule has 0 spiro atoms. The van der Waals surface area contributed by atoms with Gasteiger partial charge in [0.25, 0.3) is 0 Å². The Bertz CT molecular complexity index is 338. The van der Waals surface area contributed by atoms with E-state index >= 15 is 0 Å². The van der Waals surface area contributed by atoms with Gasteiger partial charge in [0.05, 0.1) is 12.3 Å². The van der Waals surface area contributed by atoms with Crippen molar-refractivity contribution in [1.82, 2.24) is 0 Å². The lowest BCUT2D eigenvalue weighted by Crippen LogP contribution is -2.15. The Kier molecular flexibility index (Phi) is 2.73. The Morgan fingerprint density at radius 2 is 2.29 bits per heavy atom. The molecule has 2 heteroatoms. The normalized spacial score (nSPS) is 19.1. The number of hydrogen-bond donors (Lipinski definition) is 1. The van der Waals surface area contributed by atoms with Gasteiger partial charge in [-0.3, -0.25) is 0 Å². The molecule has 0 bridgehead atoms. The summed E-state index contributed by atoms with van der Waals surface area (Å²) in [5, 5.41) is 0. The molecule has 1 aromatic heterocycles. The number of hydrogen-bond acceptors (Lipinski definition) is 2. The van der Waals surface area contributed by atoms with E-state index in [-0.39, 0.29) is 6.04 Å². The molecule has 1 unspecified atom stereocenters. The first kappa shape index (κ1) is 9.53. The molecule has 1 heterocycles. The highest BCUT2D eigenvalue weighted by Gasteiger charge is 2.16. The second-order valence-corrected chi connectivity index (χ2v) is 3.93. The fourth-order valence-electron chi connectivity index (χ4n) is 2.06. The molecule has 2 N–H and O–H groups in total. The van der Waals surface area contributed by atoms with Crippen molar-refractivity contribution in [2.75, 3.05) is 0 Å². The predicted molar refractivity (Wildman–Crippen MR) is 56.9 cm³/mol. The Labute approximate surface area is 84.8 Å². The van der Waals surface area contributed by atoms with Crippen molar-refractivity contribution in [2.45, 2.75) is 38.6 Å². The highest BCUT2D eigenvalue weighted by molar-refractivity contribution is 5.29. The van der Waals surface area contributed by atoms with E-state index in [9.17, 15) is 0 Å². The number of furan rings is 1. The van der Waals surface area contributed by atoms with E-state index in [4.69, 9.17) is 10.2 Å². The lowest BCUT2D eigenvalue weighted by Gasteiger charge is -2.19. The molecule has 0 radical (unpaired) electrons. The van der Waals surface area contributed by atoms with Gasteiger partial charge in [-0.05, 0) is 38.7 Å². The summed E-state index contributed by atoms with van der Waals surface area (Å²) in [6.07, 6.45) is 8.91. The third kappa shape index (κ3) is 1.75. The minimum Gasteiger partial charge on any atom is -0.469 e. The van der Waals surface area contributed by atoms with Crippen LogP contribution in [0, 0.1) is 6.92 Å². The number of nitrogens with two attached hydrogens (primary N) is 1. The van der Waals surface area contributed by atoms with Crippen LogP contribution < -0.4 is 5.73 Å². The van der Waals surface area contributed by atoms with Crippen molar-refractivity contribution in [3.8, 4) is 0 Å². The fourth-order valence-corrected chi connectivity index (χ4v) is 2.06. The van der Waals surface area contributed by atoms with E-state index in [0.717, 1.165) is 17.7 Å². The monoisotopic (exact) mass is 191 g/mol. The molecule has 0 amide bonds. The molecule has 1 atom stereocenters. The summed E-state index contributed by atoms with van der Waals surface area (Å²) in [4.78, 5) is 0. The molecule has 0 saturated carbocycles. The molecule has 1 aliphatic carbocycles. The smallest absolute Gasteiger partial charge is 0.105 e. The molecule has 0 aromatic carbocycles. The average Bonchev–Trinajstić information content (AvgIpc) is 2.65. The van der Waals surface area contributed by atoms with Crippen LogP contribution in [0.1, 0.15) is 43.0 Å². The number of aryl methyl sites for hydroxylation is 1. The molecule has 76 valence electrons. The molecular formula is C12H17NO. The summed E-state index contributed by atoms with van der Waals surface area (Å²) in [6.45, 7) is 1.97. The minimum atomic E-state index is 0.0500. The van der Waals surface area contributed by atoms with Crippen molar-refractivity contribution in [3.63, 3.8) is 0 Å². The quantitative estimate of drug-likeness (QED) is 0.729. The van der Waals surface area contributed by atoms with Gasteiger partial charge in [0, 0.05) is 5.56 Å². The molecule has 2 nitrogen and oxygen atoms in total. The van der Waals surface area contributed by atoms with E-state index in [1.54, 1.807) is 6.26 Å². The first-order valence-corrected chi connectivity index (χ1v) is 5.27. The van der Waals surface area contributed by atoms with Crippen LogP contribution in [0.3, 0.4) is 0 Å². The number of allylic oxidation sites excluding steroid dienone is 1. The molecule has 0 fully saturated rings. The first-order valence-electron chi connectivity index (χ1n) is 5.27. The highest BCUT2D eigenvalue weighted by atomic mass is 16.3. The van der Waals surface area contributed by atoms with Crippen molar-refractivity contribution in [2.24, 2.45) is 5.73 Å². The van der Waals surface area contributed by atoms with Crippen LogP contribution in [0.4, 0.5) is 0 Å². The molecular weight excluding hydrogens is 174 g/mol. The summed E-state index contributed by atoms with van der Waals surface area (Å²) < 4.78 is 5.27. The standard InChI is InChI=1S/C12H17NO/c1-9-11(7-8-14-9)12(13)10-5-3-2-4-6-10/h5,7-8,12H,2-4,6,13H2,1H3. The van der Waals surface area contributed by atoms with Crippen LogP contribution in [0.15, 0.2) is 28.4 Å². The predicted octanol–water partition coefficient (Wildman–Crippen LogP) is 3.09. The van der Waals surface area contributed by atoms with Gasteiger partial charge in [0.15, 0.2) is 0 Å². The molecule has 14 heavy (non-hydrogen) atoms. The SMILES string of the molecule is Cc1occc1C(N)C1=CCCCC1. The van der Waals surface area contributed by atoms with Gasteiger partial charge < -0.3 is 10.2 Å². The van der Waals surface area contributed by atoms with E-state index in [2.05, 4.69) is 6.08 Å². The maximum atomic E-state index is 6.19. The van der Waals surface area contributed by atoms with Crippen LogP contribution in [-0.2, 0) is 0 Å².